The Kier molecular flexibility index (Phi) is 3.51. The molecule has 0 spiro atoms. The molecule has 0 radical (unpaired) electrons. The highest BCUT2D eigenvalue weighted by atomic mass is 14.3. The van der Waals surface area contributed by atoms with Crippen LogP contribution in [0.1, 0.15) is 44.7 Å². The standard InChI is InChI=1S/C14H20/c1-5-12-8-10-13(11-9-12)14(4,6-2)7-3/h5,8-11H,1,6-7H2,2-4H3. The van der Waals surface area contributed by atoms with Crippen LogP contribution in [0.5, 0.6) is 0 Å². The second kappa shape index (κ2) is 4.45. The molecule has 14 heavy (non-hydrogen) atoms. The average molecular weight is 188 g/mol. The first-order valence-electron chi connectivity index (χ1n) is 5.39. The smallest absolute Gasteiger partial charge is 0.00805 e. The van der Waals surface area contributed by atoms with E-state index in [1.54, 1.807) is 0 Å². The van der Waals surface area contributed by atoms with Gasteiger partial charge in [0.1, 0.15) is 0 Å². The molecule has 0 unspecified atom stereocenters. The lowest BCUT2D eigenvalue weighted by atomic mass is 9.78. The van der Waals surface area contributed by atoms with Gasteiger partial charge in [-0.2, -0.15) is 0 Å². The van der Waals surface area contributed by atoms with Crippen molar-refractivity contribution in [3.05, 3.63) is 42.0 Å². The van der Waals surface area contributed by atoms with Gasteiger partial charge in [0.15, 0.2) is 0 Å². The van der Waals surface area contributed by atoms with Gasteiger partial charge in [0.05, 0.1) is 0 Å². The number of benzene rings is 1. The van der Waals surface area contributed by atoms with Gasteiger partial charge in [0.25, 0.3) is 0 Å². The van der Waals surface area contributed by atoms with E-state index in [1.165, 1.54) is 24.0 Å². The fourth-order valence-electron chi connectivity index (χ4n) is 1.68. The van der Waals surface area contributed by atoms with Crippen molar-refractivity contribution in [1.29, 1.82) is 0 Å². The molecule has 1 aromatic rings. The highest BCUT2D eigenvalue weighted by Gasteiger charge is 2.21. The minimum absolute atomic E-state index is 0.333. The van der Waals surface area contributed by atoms with Gasteiger partial charge in [-0.3, -0.25) is 0 Å². The summed E-state index contributed by atoms with van der Waals surface area (Å²) >= 11 is 0. The minimum atomic E-state index is 0.333. The lowest BCUT2D eigenvalue weighted by Gasteiger charge is -2.27. The average Bonchev–Trinajstić information content (AvgIpc) is 2.28. The molecule has 0 saturated heterocycles. The maximum atomic E-state index is 3.76. The molecule has 1 rings (SSSR count). The largest absolute Gasteiger partial charge is 0.0985 e. The Morgan fingerprint density at radius 1 is 1.14 bits per heavy atom. The van der Waals surface area contributed by atoms with Crippen LogP contribution < -0.4 is 0 Å². The zero-order valence-electron chi connectivity index (χ0n) is 9.51. The quantitative estimate of drug-likeness (QED) is 0.656. The third kappa shape index (κ3) is 2.06. The first kappa shape index (κ1) is 11.0. The van der Waals surface area contributed by atoms with Crippen molar-refractivity contribution in [2.75, 3.05) is 0 Å². The van der Waals surface area contributed by atoms with Crippen LogP contribution in [0.2, 0.25) is 0 Å². The Balaban J connectivity index is 3.00. The molecule has 0 nitrogen and oxygen atoms in total. The molecule has 0 saturated carbocycles. The molecule has 0 amide bonds. The SMILES string of the molecule is C=Cc1ccc(C(C)(CC)CC)cc1. The fourth-order valence-corrected chi connectivity index (χ4v) is 1.68. The van der Waals surface area contributed by atoms with E-state index < -0.39 is 0 Å². The molecule has 0 aromatic heterocycles. The Bertz CT molecular complexity index is 288. The normalized spacial score (nSPS) is 11.4. The van der Waals surface area contributed by atoms with Crippen molar-refractivity contribution in [2.24, 2.45) is 0 Å². The van der Waals surface area contributed by atoms with E-state index in [0.717, 1.165) is 0 Å². The maximum absolute atomic E-state index is 3.76. The molecule has 0 bridgehead atoms. The highest BCUT2D eigenvalue weighted by Crippen LogP contribution is 2.30. The third-order valence-electron chi connectivity index (χ3n) is 3.40. The molecule has 0 fully saturated rings. The van der Waals surface area contributed by atoms with Gasteiger partial charge in [-0.05, 0) is 29.4 Å². The van der Waals surface area contributed by atoms with Crippen molar-refractivity contribution in [3.63, 3.8) is 0 Å². The second-order valence-electron chi connectivity index (χ2n) is 4.09. The van der Waals surface area contributed by atoms with E-state index >= 15 is 0 Å². The molecular weight excluding hydrogens is 168 g/mol. The van der Waals surface area contributed by atoms with Crippen molar-refractivity contribution >= 4 is 6.08 Å². The van der Waals surface area contributed by atoms with E-state index in [1.807, 2.05) is 6.08 Å². The number of rotatable bonds is 4. The predicted molar refractivity (Wildman–Crippen MR) is 64.5 cm³/mol. The summed E-state index contributed by atoms with van der Waals surface area (Å²) in [6.45, 7) is 10.6. The van der Waals surface area contributed by atoms with E-state index in [2.05, 4.69) is 51.6 Å². The van der Waals surface area contributed by atoms with Gasteiger partial charge >= 0.3 is 0 Å². The molecular formula is C14H20. The van der Waals surface area contributed by atoms with E-state index in [9.17, 15) is 0 Å². The van der Waals surface area contributed by atoms with Crippen LogP contribution in [0.25, 0.3) is 6.08 Å². The topological polar surface area (TPSA) is 0 Å². The summed E-state index contributed by atoms with van der Waals surface area (Å²) in [5.41, 5.74) is 2.97. The summed E-state index contributed by atoms with van der Waals surface area (Å²) in [6.07, 6.45) is 4.27. The first-order chi connectivity index (χ1) is 6.66. The van der Waals surface area contributed by atoms with Crippen LogP contribution in [0, 0.1) is 0 Å². The highest BCUT2D eigenvalue weighted by molar-refractivity contribution is 5.47. The summed E-state index contributed by atoms with van der Waals surface area (Å²) in [6, 6.07) is 8.74. The zero-order valence-corrected chi connectivity index (χ0v) is 9.51. The summed E-state index contributed by atoms with van der Waals surface area (Å²) in [5.74, 6) is 0. The molecule has 0 atom stereocenters. The molecule has 0 aliphatic heterocycles. The molecule has 0 heteroatoms. The van der Waals surface area contributed by atoms with E-state index in [4.69, 9.17) is 0 Å². The Labute approximate surface area is 87.7 Å². The van der Waals surface area contributed by atoms with E-state index in [-0.39, 0.29) is 0 Å². The van der Waals surface area contributed by atoms with Crippen LogP contribution in [0.15, 0.2) is 30.8 Å². The van der Waals surface area contributed by atoms with Crippen LogP contribution >= 0.6 is 0 Å². The monoisotopic (exact) mass is 188 g/mol. The fraction of sp³-hybridized carbons (Fsp3) is 0.429. The summed E-state index contributed by atoms with van der Waals surface area (Å²) < 4.78 is 0. The minimum Gasteiger partial charge on any atom is -0.0985 e. The second-order valence-corrected chi connectivity index (χ2v) is 4.09. The number of hydrogen-bond donors (Lipinski definition) is 0. The lowest BCUT2D eigenvalue weighted by Crippen LogP contribution is -2.19. The van der Waals surface area contributed by atoms with Gasteiger partial charge in [-0.25, -0.2) is 0 Å². The van der Waals surface area contributed by atoms with Crippen LogP contribution in [0.3, 0.4) is 0 Å². The molecule has 1 aromatic carbocycles. The molecule has 0 aliphatic carbocycles. The van der Waals surface area contributed by atoms with Crippen molar-refractivity contribution in [3.8, 4) is 0 Å². The van der Waals surface area contributed by atoms with E-state index in [0.29, 0.717) is 5.41 Å². The van der Waals surface area contributed by atoms with Gasteiger partial charge in [-0.1, -0.05) is 57.7 Å². The Morgan fingerprint density at radius 3 is 2.00 bits per heavy atom. The van der Waals surface area contributed by atoms with Gasteiger partial charge in [0.2, 0.25) is 0 Å². The van der Waals surface area contributed by atoms with Crippen molar-refractivity contribution < 1.29 is 0 Å². The van der Waals surface area contributed by atoms with Crippen LogP contribution in [-0.4, -0.2) is 0 Å². The summed E-state index contributed by atoms with van der Waals surface area (Å²) in [7, 11) is 0. The molecule has 0 aliphatic rings. The summed E-state index contributed by atoms with van der Waals surface area (Å²) in [4.78, 5) is 0. The first-order valence-corrected chi connectivity index (χ1v) is 5.39. The zero-order chi connectivity index (χ0) is 10.6. The number of hydrogen-bond acceptors (Lipinski definition) is 0. The van der Waals surface area contributed by atoms with Crippen molar-refractivity contribution in [1.82, 2.24) is 0 Å². The predicted octanol–water partition coefficient (Wildman–Crippen LogP) is 4.41. The molecule has 0 heterocycles. The Hall–Kier alpha value is -1.04. The third-order valence-corrected chi connectivity index (χ3v) is 3.40. The molecule has 76 valence electrons. The van der Waals surface area contributed by atoms with Gasteiger partial charge in [0, 0.05) is 0 Å². The lowest BCUT2D eigenvalue weighted by molar-refractivity contribution is 0.439. The Morgan fingerprint density at radius 2 is 1.64 bits per heavy atom. The van der Waals surface area contributed by atoms with Gasteiger partial charge < -0.3 is 0 Å². The summed E-state index contributed by atoms with van der Waals surface area (Å²) in [5, 5.41) is 0. The van der Waals surface area contributed by atoms with Gasteiger partial charge in [-0.15, -0.1) is 0 Å². The van der Waals surface area contributed by atoms with Crippen LogP contribution in [0.4, 0.5) is 0 Å². The molecule has 0 N–H and O–H groups in total. The maximum Gasteiger partial charge on any atom is -0.00805 e. The van der Waals surface area contributed by atoms with Crippen LogP contribution in [-0.2, 0) is 5.41 Å². The van der Waals surface area contributed by atoms with Crippen molar-refractivity contribution in [2.45, 2.75) is 39.0 Å².